The van der Waals surface area contributed by atoms with E-state index in [9.17, 15) is 4.79 Å². The van der Waals surface area contributed by atoms with Crippen molar-refractivity contribution >= 4 is 16.9 Å². The summed E-state index contributed by atoms with van der Waals surface area (Å²) in [7, 11) is 0. The van der Waals surface area contributed by atoms with Crippen LogP contribution >= 0.6 is 0 Å². The van der Waals surface area contributed by atoms with Gasteiger partial charge in [-0.2, -0.15) is 0 Å². The predicted octanol–water partition coefficient (Wildman–Crippen LogP) is 4.70. The minimum Gasteiger partial charge on any atom is -0.438 e. The highest BCUT2D eigenvalue weighted by molar-refractivity contribution is 5.86. The third-order valence-corrected chi connectivity index (χ3v) is 4.39. The molecular formula is C19H23NO2. The summed E-state index contributed by atoms with van der Waals surface area (Å²) in [6.45, 7) is 5.56. The number of rotatable bonds is 2. The van der Waals surface area contributed by atoms with Crippen LogP contribution in [0.15, 0.2) is 42.5 Å². The lowest BCUT2D eigenvalue weighted by Crippen LogP contribution is -2.39. The number of amides is 1. The summed E-state index contributed by atoms with van der Waals surface area (Å²) in [6, 6.07) is 14.4. The highest BCUT2D eigenvalue weighted by Crippen LogP contribution is 2.32. The molecule has 0 atom stereocenters. The van der Waals surface area contributed by atoms with E-state index in [1.165, 1.54) is 11.8 Å². The molecule has 1 heterocycles. The van der Waals surface area contributed by atoms with E-state index < -0.39 is 5.60 Å². The molecule has 0 aromatic heterocycles. The average molecular weight is 297 g/mol. The Bertz CT molecular complexity index is 667. The van der Waals surface area contributed by atoms with Crippen LogP contribution in [-0.2, 0) is 10.3 Å². The summed E-state index contributed by atoms with van der Waals surface area (Å²) < 4.78 is 5.86. The van der Waals surface area contributed by atoms with Crippen LogP contribution in [0.5, 0.6) is 0 Å². The number of piperidine rings is 1. The summed E-state index contributed by atoms with van der Waals surface area (Å²) in [5.41, 5.74) is 0.408. The summed E-state index contributed by atoms with van der Waals surface area (Å²) >= 11 is 0. The SMILES string of the molecule is CC(C)(OC(=O)N1CCCCC1)c1cccc2ccccc12. The second-order valence-corrected chi connectivity index (χ2v) is 6.45. The minimum absolute atomic E-state index is 0.197. The van der Waals surface area contributed by atoms with E-state index in [2.05, 4.69) is 18.2 Å². The molecule has 0 spiro atoms. The smallest absolute Gasteiger partial charge is 0.410 e. The normalized spacial score (nSPS) is 15.8. The van der Waals surface area contributed by atoms with Gasteiger partial charge in [-0.25, -0.2) is 4.79 Å². The molecule has 1 aliphatic heterocycles. The number of nitrogens with zero attached hydrogens (tertiary/aromatic N) is 1. The van der Waals surface area contributed by atoms with Crippen molar-refractivity contribution in [1.82, 2.24) is 4.90 Å². The van der Waals surface area contributed by atoms with E-state index >= 15 is 0 Å². The van der Waals surface area contributed by atoms with Crippen molar-refractivity contribution in [3.05, 3.63) is 48.0 Å². The zero-order valence-corrected chi connectivity index (χ0v) is 13.3. The van der Waals surface area contributed by atoms with Crippen molar-refractivity contribution in [2.45, 2.75) is 38.7 Å². The van der Waals surface area contributed by atoms with Gasteiger partial charge in [-0.05, 0) is 43.9 Å². The Morgan fingerprint density at radius 1 is 1.00 bits per heavy atom. The highest BCUT2D eigenvalue weighted by Gasteiger charge is 2.30. The van der Waals surface area contributed by atoms with Gasteiger partial charge in [0, 0.05) is 18.7 Å². The van der Waals surface area contributed by atoms with Crippen LogP contribution in [0.3, 0.4) is 0 Å². The summed E-state index contributed by atoms with van der Waals surface area (Å²) in [4.78, 5) is 14.3. The molecule has 2 aromatic carbocycles. The van der Waals surface area contributed by atoms with Crippen LogP contribution < -0.4 is 0 Å². The van der Waals surface area contributed by atoms with Gasteiger partial charge in [0.05, 0.1) is 0 Å². The molecule has 1 amide bonds. The van der Waals surface area contributed by atoms with Crippen molar-refractivity contribution in [2.24, 2.45) is 0 Å². The summed E-state index contributed by atoms with van der Waals surface area (Å²) in [6.07, 6.45) is 3.15. The number of carbonyl (C=O) groups excluding carboxylic acids is 1. The van der Waals surface area contributed by atoms with Crippen molar-refractivity contribution in [3.8, 4) is 0 Å². The van der Waals surface area contributed by atoms with Crippen LogP contribution in [-0.4, -0.2) is 24.1 Å². The second kappa shape index (κ2) is 5.99. The van der Waals surface area contributed by atoms with Gasteiger partial charge >= 0.3 is 6.09 Å². The van der Waals surface area contributed by atoms with Crippen LogP contribution in [0, 0.1) is 0 Å². The van der Waals surface area contributed by atoms with Gasteiger partial charge in [0.1, 0.15) is 5.60 Å². The van der Waals surface area contributed by atoms with Crippen molar-refractivity contribution in [1.29, 1.82) is 0 Å². The van der Waals surface area contributed by atoms with E-state index in [4.69, 9.17) is 4.74 Å². The number of fused-ring (bicyclic) bond motifs is 1. The van der Waals surface area contributed by atoms with Gasteiger partial charge in [-0.3, -0.25) is 0 Å². The lowest BCUT2D eigenvalue weighted by molar-refractivity contribution is 0.00867. The Morgan fingerprint density at radius 3 is 2.45 bits per heavy atom. The fourth-order valence-electron chi connectivity index (χ4n) is 3.16. The summed E-state index contributed by atoms with van der Waals surface area (Å²) in [5.74, 6) is 0. The maximum atomic E-state index is 12.4. The van der Waals surface area contributed by atoms with E-state index in [0.717, 1.165) is 36.9 Å². The molecule has 1 saturated heterocycles. The Kier molecular flexibility index (Phi) is 4.06. The number of carbonyl (C=O) groups is 1. The lowest BCUT2D eigenvalue weighted by atomic mass is 9.92. The van der Waals surface area contributed by atoms with Crippen molar-refractivity contribution in [2.75, 3.05) is 13.1 Å². The Labute approximate surface area is 131 Å². The van der Waals surface area contributed by atoms with Crippen LogP contribution in [0.4, 0.5) is 4.79 Å². The van der Waals surface area contributed by atoms with Gasteiger partial charge in [-0.1, -0.05) is 42.5 Å². The van der Waals surface area contributed by atoms with Gasteiger partial charge in [0.2, 0.25) is 0 Å². The van der Waals surface area contributed by atoms with E-state index in [1.807, 2.05) is 43.0 Å². The molecule has 3 rings (SSSR count). The first-order chi connectivity index (χ1) is 10.6. The van der Waals surface area contributed by atoms with E-state index in [1.54, 1.807) is 0 Å². The van der Waals surface area contributed by atoms with Gasteiger partial charge < -0.3 is 9.64 Å². The van der Waals surface area contributed by atoms with Gasteiger partial charge in [-0.15, -0.1) is 0 Å². The minimum atomic E-state index is -0.643. The van der Waals surface area contributed by atoms with Gasteiger partial charge in [0.15, 0.2) is 0 Å². The van der Waals surface area contributed by atoms with Crippen LogP contribution in [0.1, 0.15) is 38.7 Å². The third-order valence-electron chi connectivity index (χ3n) is 4.39. The Balaban J connectivity index is 1.86. The quantitative estimate of drug-likeness (QED) is 0.804. The maximum absolute atomic E-state index is 12.4. The zero-order valence-electron chi connectivity index (χ0n) is 13.3. The number of benzene rings is 2. The highest BCUT2D eigenvalue weighted by atomic mass is 16.6. The van der Waals surface area contributed by atoms with E-state index in [0.29, 0.717) is 0 Å². The molecule has 0 unspecified atom stereocenters. The molecule has 0 saturated carbocycles. The molecule has 0 bridgehead atoms. The first kappa shape index (κ1) is 14.9. The molecule has 0 aliphatic carbocycles. The molecule has 116 valence electrons. The third kappa shape index (κ3) is 2.94. The second-order valence-electron chi connectivity index (χ2n) is 6.45. The van der Waals surface area contributed by atoms with Crippen LogP contribution in [0.25, 0.3) is 10.8 Å². The molecule has 1 aliphatic rings. The average Bonchev–Trinajstić information content (AvgIpc) is 2.54. The first-order valence-electron chi connectivity index (χ1n) is 8.04. The molecule has 22 heavy (non-hydrogen) atoms. The molecule has 0 N–H and O–H groups in total. The fourth-order valence-corrected chi connectivity index (χ4v) is 3.16. The van der Waals surface area contributed by atoms with Crippen LogP contribution in [0.2, 0.25) is 0 Å². The number of ether oxygens (including phenoxy) is 1. The first-order valence-corrected chi connectivity index (χ1v) is 8.04. The summed E-state index contributed by atoms with van der Waals surface area (Å²) in [5, 5.41) is 2.31. The molecule has 1 fully saturated rings. The van der Waals surface area contributed by atoms with Gasteiger partial charge in [0.25, 0.3) is 0 Å². The molecule has 2 aromatic rings. The molecule has 0 radical (unpaired) electrons. The standard InChI is InChI=1S/C19H23NO2/c1-19(2,22-18(21)20-13-6-3-7-14-20)17-12-8-10-15-9-4-5-11-16(15)17/h4-5,8-12H,3,6-7,13-14H2,1-2H3. The predicted molar refractivity (Wildman–Crippen MR) is 88.9 cm³/mol. The Morgan fingerprint density at radius 2 is 1.68 bits per heavy atom. The van der Waals surface area contributed by atoms with Crippen molar-refractivity contribution < 1.29 is 9.53 Å². The van der Waals surface area contributed by atoms with Crippen molar-refractivity contribution in [3.63, 3.8) is 0 Å². The largest absolute Gasteiger partial charge is 0.438 e. The lowest BCUT2D eigenvalue weighted by Gasteiger charge is -2.32. The number of hydrogen-bond donors (Lipinski definition) is 0. The fraction of sp³-hybridized carbons (Fsp3) is 0.421. The Hall–Kier alpha value is -2.03. The topological polar surface area (TPSA) is 29.5 Å². The zero-order chi connectivity index (χ0) is 15.6. The van der Waals surface area contributed by atoms with E-state index in [-0.39, 0.29) is 6.09 Å². The molecule has 3 heteroatoms. The number of hydrogen-bond acceptors (Lipinski definition) is 2. The monoisotopic (exact) mass is 297 g/mol. The maximum Gasteiger partial charge on any atom is 0.410 e. The molecular weight excluding hydrogens is 274 g/mol. The molecule has 3 nitrogen and oxygen atoms in total. The number of likely N-dealkylation sites (tertiary alicyclic amines) is 1.